The molecule has 5 unspecified atom stereocenters. The van der Waals surface area contributed by atoms with Crippen LogP contribution in [0.2, 0.25) is 0 Å². The monoisotopic (exact) mass is 880 g/mol. The number of amides is 1. The van der Waals surface area contributed by atoms with Crippen molar-refractivity contribution in [2.24, 2.45) is 5.92 Å². The molecule has 8 rings (SSSR count). The van der Waals surface area contributed by atoms with E-state index >= 15 is 0 Å². The SMILES string of the molecule is Cc1ccc(S(=O)(=O)NC(Cc2ccccc2)C(=O)NCc2cccc(-c3ccc(C4OC(CSc5nnnn5-c5ccccc5)C(C)C(c5ccc(CO)cc5)O4)cc3)c2)cc1. The Morgan fingerprint density at radius 2 is 1.46 bits per heavy atom. The van der Waals surface area contributed by atoms with E-state index in [4.69, 9.17) is 9.47 Å². The number of aryl methyl sites for hydroxylation is 1. The molecule has 0 saturated carbocycles. The number of aliphatic hydroxyl groups is 1. The van der Waals surface area contributed by atoms with Gasteiger partial charge in [-0.3, -0.25) is 4.79 Å². The third kappa shape index (κ3) is 10.8. The molecule has 2 heterocycles. The van der Waals surface area contributed by atoms with Gasteiger partial charge in [-0.25, -0.2) is 8.42 Å². The number of sulfonamides is 1. The van der Waals surface area contributed by atoms with Crippen LogP contribution in [0.1, 0.15) is 52.7 Å². The van der Waals surface area contributed by atoms with E-state index in [0.29, 0.717) is 10.9 Å². The summed E-state index contributed by atoms with van der Waals surface area (Å²) in [5, 5.41) is 25.8. The minimum Gasteiger partial charge on any atom is -0.392 e. The number of ether oxygens (including phenoxy) is 2. The number of nitrogens with one attached hydrogen (secondary N) is 2. The molecular formula is C49H48N6O6S2. The molecule has 1 aromatic heterocycles. The number of tetrazole rings is 1. The van der Waals surface area contributed by atoms with Gasteiger partial charge in [-0.1, -0.05) is 152 Å². The van der Waals surface area contributed by atoms with Gasteiger partial charge in [0.25, 0.3) is 0 Å². The van der Waals surface area contributed by atoms with Crippen molar-refractivity contribution in [1.29, 1.82) is 0 Å². The number of para-hydroxylation sites is 1. The summed E-state index contributed by atoms with van der Waals surface area (Å²) in [4.78, 5) is 13.8. The van der Waals surface area contributed by atoms with Crippen molar-refractivity contribution in [2.45, 2.75) is 68.0 Å². The number of hydrogen-bond donors (Lipinski definition) is 3. The van der Waals surface area contributed by atoms with E-state index in [-0.39, 0.29) is 42.6 Å². The Bertz CT molecular complexity index is 2700. The normalized spacial score (nSPS) is 18.1. The lowest BCUT2D eigenvalue weighted by molar-refractivity contribution is -0.268. The van der Waals surface area contributed by atoms with Gasteiger partial charge in [0.15, 0.2) is 6.29 Å². The van der Waals surface area contributed by atoms with Crippen molar-refractivity contribution >= 4 is 27.7 Å². The third-order valence-electron chi connectivity index (χ3n) is 11.1. The van der Waals surface area contributed by atoms with Crippen LogP contribution in [0.25, 0.3) is 16.8 Å². The number of carbonyl (C=O) groups excluding carboxylic acids is 1. The van der Waals surface area contributed by atoms with Gasteiger partial charge in [0, 0.05) is 23.8 Å². The fourth-order valence-corrected chi connectivity index (χ4v) is 9.73. The van der Waals surface area contributed by atoms with Gasteiger partial charge in [-0.05, 0) is 87.5 Å². The number of rotatable bonds is 16. The summed E-state index contributed by atoms with van der Waals surface area (Å²) in [5.41, 5.74) is 8.06. The zero-order valence-electron chi connectivity index (χ0n) is 34.8. The summed E-state index contributed by atoms with van der Waals surface area (Å²) in [6, 6.07) is 48.4. The van der Waals surface area contributed by atoms with Crippen molar-refractivity contribution in [2.75, 3.05) is 5.75 Å². The molecule has 322 valence electrons. The van der Waals surface area contributed by atoms with Crippen LogP contribution in [0.4, 0.5) is 0 Å². The predicted molar refractivity (Wildman–Crippen MR) is 242 cm³/mol. The van der Waals surface area contributed by atoms with Crippen molar-refractivity contribution in [3.8, 4) is 16.8 Å². The molecule has 0 bridgehead atoms. The smallest absolute Gasteiger partial charge is 0.241 e. The van der Waals surface area contributed by atoms with Gasteiger partial charge in [0.2, 0.25) is 21.1 Å². The van der Waals surface area contributed by atoms with Crippen LogP contribution in [-0.2, 0) is 43.9 Å². The summed E-state index contributed by atoms with van der Waals surface area (Å²) in [5.74, 6) is 0.117. The van der Waals surface area contributed by atoms with Gasteiger partial charge in [-0.2, -0.15) is 9.40 Å². The summed E-state index contributed by atoms with van der Waals surface area (Å²) >= 11 is 1.53. The topological polar surface area (TPSA) is 158 Å². The highest BCUT2D eigenvalue weighted by Crippen LogP contribution is 2.43. The second-order valence-corrected chi connectivity index (χ2v) is 18.3. The van der Waals surface area contributed by atoms with Gasteiger partial charge in [0.1, 0.15) is 6.04 Å². The van der Waals surface area contributed by atoms with Crippen LogP contribution < -0.4 is 10.0 Å². The highest BCUT2D eigenvalue weighted by Gasteiger charge is 2.39. The molecule has 1 saturated heterocycles. The summed E-state index contributed by atoms with van der Waals surface area (Å²) in [7, 11) is -3.97. The number of carbonyl (C=O) groups is 1. The molecule has 5 atom stereocenters. The Morgan fingerprint density at radius 1 is 0.778 bits per heavy atom. The van der Waals surface area contributed by atoms with E-state index in [9.17, 15) is 18.3 Å². The van der Waals surface area contributed by atoms with Crippen LogP contribution in [0, 0.1) is 12.8 Å². The zero-order valence-corrected chi connectivity index (χ0v) is 36.5. The van der Waals surface area contributed by atoms with Crippen molar-refractivity contribution < 1.29 is 27.8 Å². The highest BCUT2D eigenvalue weighted by atomic mass is 32.2. The number of aliphatic hydroxyl groups excluding tert-OH is 1. The van der Waals surface area contributed by atoms with Crippen LogP contribution >= 0.6 is 11.8 Å². The summed E-state index contributed by atoms with van der Waals surface area (Å²) in [6.07, 6.45) is -0.997. The number of aromatic nitrogens is 4. The van der Waals surface area contributed by atoms with E-state index in [1.807, 2.05) is 140 Å². The van der Waals surface area contributed by atoms with Gasteiger partial charge in [0.05, 0.1) is 29.4 Å². The van der Waals surface area contributed by atoms with E-state index in [1.165, 1.54) is 23.9 Å². The lowest BCUT2D eigenvalue weighted by atomic mass is 9.91. The number of benzene rings is 6. The maximum atomic E-state index is 13.7. The molecule has 0 radical (unpaired) electrons. The maximum Gasteiger partial charge on any atom is 0.241 e. The molecule has 3 N–H and O–H groups in total. The van der Waals surface area contributed by atoms with Crippen molar-refractivity contribution in [3.05, 3.63) is 191 Å². The van der Waals surface area contributed by atoms with E-state index in [0.717, 1.165) is 50.2 Å². The Kier molecular flexibility index (Phi) is 13.9. The number of nitrogens with zero attached hydrogens (tertiary/aromatic N) is 4. The van der Waals surface area contributed by atoms with E-state index < -0.39 is 28.3 Å². The van der Waals surface area contributed by atoms with Crippen LogP contribution in [0.3, 0.4) is 0 Å². The molecule has 1 amide bonds. The molecule has 1 fully saturated rings. The minimum atomic E-state index is -3.97. The number of hydrogen-bond acceptors (Lipinski definition) is 10. The highest BCUT2D eigenvalue weighted by molar-refractivity contribution is 7.99. The zero-order chi connectivity index (χ0) is 43.8. The van der Waals surface area contributed by atoms with Crippen LogP contribution in [-0.4, -0.2) is 57.5 Å². The molecule has 14 heteroatoms. The number of thioether (sulfide) groups is 1. The first kappa shape index (κ1) is 43.6. The molecular weight excluding hydrogens is 833 g/mol. The van der Waals surface area contributed by atoms with Crippen molar-refractivity contribution in [1.82, 2.24) is 30.2 Å². The van der Waals surface area contributed by atoms with E-state index in [1.54, 1.807) is 16.8 Å². The predicted octanol–water partition coefficient (Wildman–Crippen LogP) is 7.92. The third-order valence-corrected chi connectivity index (χ3v) is 13.6. The van der Waals surface area contributed by atoms with Crippen molar-refractivity contribution in [3.63, 3.8) is 0 Å². The molecule has 6 aromatic carbocycles. The second-order valence-electron chi connectivity index (χ2n) is 15.6. The van der Waals surface area contributed by atoms with E-state index in [2.05, 4.69) is 32.5 Å². The fraction of sp³-hybridized carbons (Fsp3) is 0.224. The fourth-order valence-electron chi connectivity index (χ4n) is 7.48. The standard InChI is InChI=1S/C49H48N6O6S2/c1-33-16-26-43(27-17-33)63(58,59)52-44(29-35-10-5-3-6-11-35)47(57)50-30-37-12-9-13-41(28-37)38-22-24-40(25-23-38)48-60-45(34(2)46(61-48)39-20-18-36(31-56)19-21-39)32-62-49-51-53-54-55(49)42-14-7-4-8-15-42/h3-28,34,44-46,48,52,56H,29-32H2,1-2H3,(H,50,57). The minimum absolute atomic E-state index is 0.0284. The van der Waals surface area contributed by atoms with Gasteiger partial charge in [-0.15, -0.1) is 5.10 Å². The Hall–Kier alpha value is -6.00. The van der Waals surface area contributed by atoms with Crippen LogP contribution in [0.5, 0.6) is 0 Å². The average Bonchev–Trinajstić information content (AvgIpc) is 3.80. The first-order chi connectivity index (χ1) is 30.6. The Morgan fingerprint density at radius 3 is 2.17 bits per heavy atom. The molecule has 12 nitrogen and oxygen atoms in total. The maximum absolute atomic E-state index is 13.7. The average molecular weight is 881 g/mol. The molecule has 63 heavy (non-hydrogen) atoms. The first-order valence-corrected chi connectivity index (χ1v) is 23.2. The Labute approximate surface area is 371 Å². The second kappa shape index (κ2) is 20.0. The Balaban J connectivity index is 0.965. The lowest BCUT2D eigenvalue weighted by Gasteiger charge is -2.41. The molecule has 0 aliphatic carbocycles. The summed E-state index contributed by atoms with van der Waals surface area (Å²) < 4.78 is 44.6. The lowest BCUT2D eigenvalue weighted by Crippen LogP contribution is -2.47. The summed E-state index contributed by atoms with van der Waals surface area (Å²) in [6.45, 7) is 4.16. The molecule has 1 aliphatic heterocycles. The van der Waals surface area contributed by atoms with Gasteiger partial charge >= 0.3 is 0 Å². The molecule has 1 aliphatic rings. The largest absolute Gasteiger partial charge is 0.392 e. The quantitative estimate of drug-likeness (QED) is 0.0815. The molecule has 7 aromatic rings. The van der Waals surface area contributed by atoms with Gasteiger partial charge < -0.3 is 19.9 Å². The molecule has 0 spiro atoms. The first-order valence-electron chi connectivity index (χ1n) is 20.7. The van der Waals surface area contributed by atoms with Crippen LogP contribution in [0.15, 0.2) is 168 Å².